The first-order valence-electron chi connectivity index (χ1n) is 6.77. The van der Waals surface area contributed by atoms with E-state index >= 15 is 0 Å². The van der Waals surface area contributed by atoms with Gasteiger partial charge >= 0.3 is 0 Å². The lowest BCUT2D eigenvalue weighted by atomic mass is 9.92. The van der Waals surface area contributed by atoms with Crippen LogP contribution >= 0.6 is 0 Å². The van der Waals surface area contributed by atoms with Crippen LogP contribution < -0.4 is 15.4 Å². The zero-order valence-electron chi connectivity index (χ0n) is 11.6. The maximum absolute atomic E-state index is 6.27. The van der Waals surface area contributed by atoms with Gasteiger partial charge in [-0.3, -0.25) is 0 Å². The molecule has 1 aliphatic rings. The summed E-state index contributed by atoms with van der Waals surface area (Å²) >= 11 is 0. The van der Waals surface area contributed by atoms with Gasteiger partial charge in [0.05, 0.1) is 11.8 Å². The number of rotatable bonds is 3. The predicted molar refractivity (Wildman–Crippen MR) is 76.2 cm³/mol. The lowest BCUT2D eigenvalue weighted by Gasteiger charge is -2.39. The zero-order chi connectivity index (χ0) is 13.2. The summed E-state index contributed by atoms with van der Waals surface area (Å²) in [6.45, 7) is 8.20. The summed E-state index contributed by atoms with van der Waals surface area (Å²) in [6, 6.07) is 8.24. The molecule has 0 saturated carbocycles. The molecule has 3 nitrogen and oxygen atoms in total. The Kier molecular flexibility index (Phi) is 3.81. The van der Waals surface area contributed by atoms with E-state index in [1.165, 1.54) is 5.69 Å². The number of ether oxygens (including phenoxy) is 1. The highest BCUT2D eigenvalue weighted by molar-refractivity contribution is 5.59. The van der Waals surface area contributed by atoms with Crippen LogP contribution in [-0.4, -0.2) is 24.7 Å². The van der Waals surface area contributed by atoms with Crippen LogP contribution in [0, 0.1) is 0 Å². The van der Waals surface area contributed by atoms with Gasteiger partial charge in [-0.2, -0.15) is 0 Å². The molecule has 1 aliphatic heterocycles. The number of piperidine rings is 1. The fourth-order valence-electron chi connectivity index (χ4n) is 2.55. The lowest BCUT2D eigenvalue weighted by molar-refractivity contribution is 0.242. The van der Waals surface area contributed by atoms with Crippen LogP contribution in [0.5, 0.6) is 5.75 Å². The monoisotopic (exact) mass is 248 g/mol. The SMILES string of the molecule is CC(C)Oc1ccccc1N1CCCC(C)(N)C1. The fraction of sp³-hybridized carbons (Fsp3) is 0.600. The van der Waals surface area contributed by atoms with Crippen molar-refractivity contribution < 1.29 is 4.74 Å². The third kappa shape index (κ3) is 3.16. The third-order valence-corrected chi connectivity index (χ3v) is 3.30. The van der Waals surface area contributed by atoms with Gasteiger partial charge in [0.2, 0.25) is 0 Å². The molecule has 1 atom stereocenters. The van der Waals surface area contributed by atoms with E-state index in [1.54, 1.807) is 0 Å². The number of para-hydroxylation sites is 2. The quantitative estimate of drug-likeness (QED) is 0.894. The second-order valence-electron chi connectivity index (χ2n) is 5.81. The van der Waals surface area contributed by atoms with E-state index in [4.69, 9.17) is 10.5 Å². The minimum Gasteiger partial charge on any atom is -0.489 e. The topological polar surface area (TPSA) is 38.5 Å². The molecule has 1 aromatic rings. The molecule has 3 heteroatoms. The maximum Gasteiger partial charge on any atom is 0.142 e. The lowest BCUT2D eigenvalue weighted by Crippen LogP contribution is -2.52. The maximum atomic E-state index is 6.27. The molecule has 1 saturated heterocycles. The number of anilines is 1. The smallest absolute Gasteiger partial charge is 0.142 e. The van der Waals surface area contributed by atoms with Crippen molar-refractivity contribution in [2.75, 3.05) is 18.0 Å². The molecule has 0 spiro atoms. The van der Waals surface area contributed by atoms with Gasteiger partial charge in [0.25, 0.3) is 0 Å². The van der Waals surface area contributed by atoms with Crippen LogP contribution in [-0.2, 0) is 0 Å². The van der Waals surface area contributed by atoms with Crippen molar-refractivity contribution in [3.8, 4) is 5.75 Å². The van der Waals surface area contributed by atoms with E-state index in [9.17, 15) is 0 Å². The van der Waals surface area contributed by atoms with Crippen molar-refractivity contribution in [3.63, 3.8) is 0 Å². The Morgan fingerprint density at radius 3 is 2.72 bits per heavy atom. The first-order valence-corrected chi connectivity index (χ1v) is 6.77. The van der Waals surface area contributed by atoms with Crippen LogP contribution in [0.1, 0.15) is 33.6 Å². The fourth-order valence-corrected chi connectivity index (χ4v) is 2.55. The predicted octanol–water partition coefficient (Wildman–Crippen LogP) is 2.79. The first-order chi connectivity index (χ1) is 8.48. The second kappa shape index (κ2) is 5.19. The minimum atomic E-state index is -0.0941. The molecule has 1 unspecified atom stereocenters. The summed E-state index contributed by atoms with van der Waals surface area (Å²) in [7, 11) is 0. The summed E-state index contributed by atoms with van der Waals surface area (Å²) in [5, 5.41) is 0. The zero-order valence-corrected chi connectivity index (χ0v) is 11.6. The van der Waals surface area contributed by atoms with Gasteiger partial charge in [0.1, 0.15) is 5.75 Å². The highest BCUT2D eigenvalue weighted by atomic mass is 16.5. The Labute approximate surface area is 110 Å². The number of benzene rings is 1. The van der Waals surface area contributed by atoms with Gasteiger partial charge in [-0.25, -0.2) is 0 Å². The summed E-state index contributed by atoms with van der Waals surface area (Å²) in [4.78, 5) is 2.35. The molecule has 1 heterocycles. The van der Waals surface area contributed by atoms with Crippen LogP contribution in [0.25, 0.3) is 0 Å². The number of hydrogen-bond donors (Lipinski definition) is 1. The molecule has 2 N–H and O–H groups in total. The minimum absolute atomic E-state index is 0.0941. The molecule has 0 bridgehead atoms. The molecular formula is C15H24N2O. The van der Waals surface area contributed by atoms with Gasteiger partial charge in [-0.15, -0.1) is 0 Å². The van der Waals surface area contributed by atoms with E-state index < -0.39 is 0 Å². The molecule has 0 amide bonds. The highest BCUT2D eigenvalue weighted by Crippen LogP contribution is 2.32. The van der Waals surface area contributed by atoms with Crippen LogP contribution in [0.4, 0.5) is 5.69 Å². The summed E-state index contributed by atoms with van der Waals surface area (Å²) in [6.07, 6.45) is 2.43. The number of nitrogens with zero attached hydrogens (tertiary/aromatic N) is 1. The summed E-state index contributed by atoms with van der Waals surface area (Å²) < 4.78 is 5.88. The van der Waals surface area contributed by atoms with Crippen LogP contribution in [0.3, 0.4) is 0 Å². The second-order valence-corrected chi connectivity index (χ2v) is 5.81. The van der Waals surface area contributed by atoms with E-state index in [0.29, 0.717) is 0 Å². The summed E-state index contributed by atoms with van der Waals surface area (Å²) in [5.41, 5.74) is 7.35. The van der Waals surface area contributed by atoms with E-state index in [0.717, 1.165) is 31.7 Å². The summed E-state index contributed by atoms with van der Waals surface area (Å²) in [5.74, 6) is 0.963. The molecule has 2 rings (SSSR count). The molecular weight excluding hydrogens is 224 g/mol. The number of hydrogen-bond acceptors (Lipinski definition) is 3. The van der Waals surface area contributed by atoms with Crippen LogP contribution in [0.15, 0.2) is 24.3 Å². The average molecular weight is 248 g/mol. The van der Waals surface area contributed by atoms with Crippen molar-refractivity contribution in [2.24, 2.45) is 5.73 Å². The van der Waals surface area contributed by atoms with Crippen molar-refractivity contribution in [3.05, 3.63) is 24.3 Å². The van der Waals surface area contributed by atoms with Gasteiger partial charge in [0, 0.05) is 18.6 Å². The Bertz CT molecular complexity index is 401. The number of nitrogens with two attached hydrogens (primary N) is 1. The van der Waals surface area contributed by atoms with Gasteiger partial charge in [-0.05, 0) is 45.7 Å². The van der Waals surface area contributed by atoms with Crippen molar-refractivity contribution in [1.82, 2.24) is 0 Å². The third-order valence-electron chi connectivity index (χ3n) is 3.30. The molecule has 0 aliphatic carbocycles. The molecule has 1 aromatic carbocycles. The molecule has 0 aromatic heterocycles. The normalized spacial score (nSPS) is 24.4. The highest BCUT2D eigenvalue weighted by Gasteiger charge is 2.28. The van der Waals surface area contributed by atoms with Gasteiger partial charge in [0.15, 0.2) is 0 Å². The molecule has 0 radical (unpaired) electrons. The van der Waals surface area contributed by atoms with Crippen LogP contribution in [0.2, 0.25) is 0 Å². The Morgan fingerprint density at radius 2 is 2.06 bits per heavy atom. The Morgan fingerprint density at radius 1 is 1.33 bits per heavy atom. The Balaban J connectivity index is 2.21. The van der Waals surface area contributed by atoms with E-state index in [2.05, 4.69) is 37.8 Å². The first kappa shape index (κ1) is 13.2. The van der Waals surface area contributed by atoms with Gasteiger partial charge < -0.3 is 15.4 Å². The standard InChI is InChI=1S/C15H24N2O/c1-12(2)18-14-8-5-4-7-13(14)17-10-6-9-15(3,16)11-17/h4-5,7-8,12H,6,9-11,16H2,1-3H3. The van der Waals surface area contributed by atoms with Crippen molar-refractivity contribution in [2.45, 2.75) is 45.3 Å². The molecule has 1 fully saturated rings. The average Bonchev–Trinajstić information content (AvgIpc) is 2.27. The largest absolute Gasteiger partial charge is 0.489 e. The van der Waals surface area contributed by atoms with Crippen molar-refractivity contribution >= 4 is 5.69 Å². The molecule has 18 heavy (non-hydrogen) atoms. The van der Waals surface area contributed by atoms with Crippen molar-refractivity contribution in [1.29, 1.82) is 0 Å². The van der Waals surface area contributed by atoms with E-state index in [-0.39, 0.29) is 11.6 Å². The Hall–Kier alpha value is -1.22. The van der Waals surface area contributed by atoms with E-state index in [1.807, 2.05) is 12.1 Å². The van der Waals surface area contributed by atoms with Gasteiger partial charge in [-0.1, -0.05) is 12.1 Å². The molecule has 100 valence electrons.